The summed E-state index contributed by atoms with van der Waals surface area (Å²) >= 11 is 0. The molecule has 2 aromatic rings. The van der Waals surface area contributed by atoms with E-state index in [0.717, 1.165) is 61.1 Å². The zero-order valence-electron chi connectivity index (χ0n) is 16.2. The van der Waals surface area contributed by atoms with Gasteiger partial charge in [0.15, 0.2) is 0 Å². The van der Waals surface area contributed by atoms with E-state index in [1.54, 1.807) is 24.3 Å². The first-order chi connectivity index (χ1) is 13.9. The van der Waals surface area contributed by atoms with Crippen LogP contribution in [0, 0.1) is 0 Å². The lowest BCUT2D eigenvalue weighted by Crippen LogP contribution is -2.34. The fourth-order valence-corrected chi connectivity index (χ4v) is 3.76. The molecule has 4 rings (SSSR count). The van der Waals surface area contributed by atoms with Gasteiger partial charge < -0.3 is 11.5 Å². The molecule has 2 nitrogen and oxygen atoms in total. The van der Waals surface area contributed by atoms with Crippen LogP contribution in [0.25, 0.3) is 0 Å². The molecule has 164 valence electrons. The second-order valence-electron chi connectivity index (χ2n) is 8.10. The molecule has 0 aromatic heterocycles. The van der Waals surface area contributed by atoms with E-state index >= 15 is 0 Å². The van der Waals surface area contributed by atoms with Crippen molar-refractivity contribution in [2.24, 2.45) is 11.5 Å². The lowest BCUT2D eigenvalue weighted by atomic mass is 9.76. The van der Waals surface area contributed by atoms with Gasteiger partial charge in [-0.3, -0.25) is 0 Å². The predicted octanol–water partition coefficient (Wildman–Crippen LogP) is 5.82. The van der Waals surface area contributed by atoms with E-state index in [1.807, 2.05) is 0 Å². The minimum Gasteiger partial charge on any atom is -0.328 e. The van der Waals surface area contributed by atoms with Crippen molar-refractivity contribution in [3.8, 4) is 0 Å². The summed E-state index contributed by atoms with van der Waals surface area (Å²) in [5, 5.41) is 0. The number of nitrogens with two attached hydrogens (primary N) is 2. The van der Waals surface area contributed by atoms with Crippen LogP contribution in [0.4, 0.5) is 26.3 Å². The maximum absolute atomic E-state index is 12.3. The number of hydrogen-bond donors (Lipinski definition) is 2. The van der Waals surface area contributed by atoms with Crippen LogP contribution in [-0.4, -0.2) is 12.1 Å². The lowest BCUT2D eigenvalue weighted by Gasteiger charge is -2.32. The molecular formula is C22H24F6N2. The Bertz CT molecular complexity index is 743. The van der Waals surface area contributed by atoms with Crippen LogP contribution in [0.2, 0.25) is 0 Å². The van der Waals surface area contributed by atoms with Gasteiger partial charge in [-0.1, -0.05) is 24.3 Å². The number of rotatable bonds is 2. The van der Waals surface area contributed by atoms with Gasteiger partial charge in [0.25, 0.3) is 0 Å². The van der Waals surface area contributed by atoms with Gasteiger partial charge in [-0.25, -0.2) is 0 Å². The topological polar surface area (TPSA) is 52.0 Å². The smallest absolute Gasteiger partial charge is 0.328 e. The Morgan fingerprint density at radius 1 is 0.533 bits per heavy atom. The molecule has 2 aliphatic carbocycles. The van der Waals surface area contributed by atoms with Crippen molar-refractivity contribution in [3.05, 3.63) is 70.8 Å². The second kappa shape index (κ2) is 8.59. The zero-order chi connectivity index (χ0) is 22.1. The average Bonchev–Trinajstić information content (AvgIpc) is 2.62. The summed E-state index contributed by atoms with van der Waals surface area (Å²) in [5.74, 6) is 0.699. The molecule has 2 aromatic carbocycles. The molecule has 2 saturated carbocycles. The number of alkyl halides is 6. The van der Waals surface area contributed by atoms with Crippen molar-refractivity contribution in [3.63, 3.8) is 0 Å². The van der Waals surface area contributed by atoms with E-state index in [9.17, 15) is 26.3 Å². The maximum atomic E-state index is 12.3. The number of hydrogen-bond acceptors (Lipinski definition) is 2. The van der Waals surface area contributed by atoms with Gasteiger partial charge >= 0.3 is 12.4 Å². The quantitative estimate of drug-likeness (QED) is 0.590. The average molecular weight is 430 g/mol. The van der Waals surface area contributed by atoms with Crippen molar-refractivity contribution in [2.75, 3.05) is 0 Å². The highest BCUT2D eigenvalue weighted by Crippen LogP contribution is 2.38. The summed E-state index contributed by atoms with van der Waals surface area (Å²) in [6.45, 7) is 0. The largest absolute Gasteiger partial charge is 0.416 e. The van der Waals surface area contributed by atoms with E-state index in [2.05, 4.69) is 0 Å². The molecular weight excluding hydrogens is 406 g/mol. The molecule has 0 heterocycles. The third-order valence-corrected chi connectivity index (χ3v) is 5.77. The first-order valence-corrected chi connectivity index (χ1v) is 9.79. The molecule has 0 amide bonds. The monoisotopic (exact) mass is 430 g/mol. The molecule has 8 heteroatoms. The highest BCUT2D eigenvalue weighted by molar-refractivity contribution is 5.29. The Hall–Kier alpha value is -2.06. The highest BCUT2D eigenvalue weighted by Gasteiger charge is 2.33. The molecule has 30 heavy (non-hydrogen) atoms. The van der Waals surface area contributed by atoms with Crippen LogP contribution in [0.3, 0.4) is 0 Å². The summed E-state index contributed by atoms with van der Waals surface area (Å²) in [4.78, 5) is 0. The standard InChI is InChI=1S/2C11H12F3N/c2*12-11(13,14)9-3-1-7(2-4-9)8-5-10(15)6-8/h2*1-4,8,10H,5-6,15H2. The van der Waals surface area contributed by atoms with Crippen LogP contribution in [0.1, 0.15) is 59.8 Å². The fraction of sp³-hybridized carbons (Fsp3) is 0.455. The highest BCUT2D eigenvalue weighted by atomic mass is 19.4. The van der Waals surface area contributed by atoms with E-state index < -0.39 is 23.5 Å². The maximum Gasteiger partial charge on any atom is 0.416 e. The molecule has 0 aliphatic heterocycles. The minimum atomic E-state index is -4.24. The summed E-state index contributed by atoms with van der Waals surface area (Å²) in [6, 6.07) is 11.2. The van der Waals surface area contributed by atoms with Crippen LogP contribution in [0.5, 0.6) is 0 Å². The Labute approximate surface area is 171 Å². The molecule has 0 atom stereocenters. The van der Waals surface area contributed by atoms with Gasteiger partial charge in [-0.05, 0) is 72.9 Å². The summed E-state index contributed by atoms with van der Waals surface area (Å²) in [5.41, 5.74) is 12.0. The van der Waals surface area contributed by atoms with E-state index in [1.165, 1.54) is 0 Å². The third-order valence-electron chi connectivity index (χ3n) is 5.77. The first-order valence-electron chi connectivity index (χ1n) is 9.79. The van der Waals surface area contributed by atoms with Crippen molar-refractivity contribution < 1.29 is 26.3 Å². The summed E-state index contributed by atoms with van der Waals surface area (Å²) in [7, 11) is 0. The van der Waals surface area contributed by atoms with Crippen LogP contribution in [0.15, 0.2) is 48.5 Å². The molecule has 0 saturated heterocycles. The molecule has 0 spiro atoms. The van der Waals surface area contributed by atoms with E-state index in [4.69, 9.17) is 11.5 Å². The van der Waals surface area contributed by atoms with Gasteiger partial charge in [-0.2, -0.15) is 26.3 Å². The SMILES string of the molecule is NC1CC(c2ccc(C(F)(F)F)cc2)C1.NC1CC(c2ccc(C(F)(F)F)cc2)C1. The van der Waals surface area contributed by atoms with Crippen LogP contribution >= 0.6 is 0 Å². The normalized spacial score (nSPS) is 26.1. The van der Waals surface area contributed by atoms with Crippen molar-refractivity contribution in [1.29, 1.82) is 0 Å². The van der Waals surface area contributed by atoms with E-state index in [0.29, 0.717) is 11.8 Å². The van der Waals surface area contributed by atoms with Crippen LogP contribution in [-0.2, 0) is 12.4 Å². The van der Waals surface area contributed by atoms with Gasteiger partial charge in [0.05, 0.1) is 11.1 Å². The Kier molecular flexibility index (Phi) is 6.48. The van der Waals surface area contributed by atoms with Gasteiger partial charge in [0, 0.05) is 12.1 Å². The third kappa shape index (κ3) is 5.55. The molecule has 0 radical (unpaired) electrons. The molecule has 4 N–H and O–H groups in total. The Balaban J connectivity index is 0.000000171. The zero-order valence-corrected chi connectivity index (χ0v) is 16.2. The molecule has 0 bridgehead atoms. The minimum absolute atomic E-state index is 0.220. The molecule has 2 aliphatic rings. The van der Waals surface area contributed by atoms with Crippen molar-refractivity contribution in [1.82, 2.24) is 0 Å². The predicted molar refractivity (Wildman–Crippen MR) is 103 cm³/mol. The van der Waals surface area contributed by atoms with Crippen molar-refractivity contribution in [2.45, 2.75) is 62.0 Å². The Morgan fingerprint density at radius 3 is 1.00 bits per heavy atom. The van der Waals surface area contributed by atoms with E-state index in [-0.39, 0.29) is 12.1 Å². The molecule has 0 unspecified atom stereocenters. The number of benzene rings is 2. The number of halogens is 6. The van der Waals surface area contributed by atoms with Crippen molar-refractivity contribution >= 4 is 0 Å². The summed E-state index contributed by atoms with van der Waals surface area (Å²) in [6.07, 6.45) is -4.96. The first kappa shape index (κ1) is 22.6. The van der Waals surface area contributed by atoms with Gasteiger partial charge in [0.2, 0.25) is 0 Å². The lowest BCUT2D eigenvalue weighted by molar-refractivity contribution is -0.138. The van der Waals surface area contributed by atoms with Gasteiger partial charge in [-0.15, -0.1) is 0 Å². The molecule has 2 fully saturated rings. The van der Waals surface area contributed by atoms with Crippen LogP contribution < -0.4 is 11.5 Å². The fourth-order valence-electron chi connectivity index (χ4n) is 3.76. The summed E-state index contributed by atoms with van der Waals surface area (Å²) < 4.78 is 73.6. The second-order valence-corrected chi connectivity index (χ2v) is 8.10. The Morgan fingerprint density at radius 2 is 0.800 bits per heavy atom. The van der Waals surface area contributed by atoms with Gasteiger partial charge in [0.1, 0.15) is 0 Å².